The number of rotatable bonds is 12. The van der Waals surface area contributed by atoms with Crippen LogP contribution in [0.1, 0.15) is 71.1 Å². The molecule has 0 saturated carbocycles. The molecule has 0 spiro atoms. The zero-order valence-electron chi connectivity index (χ0n) is 10.7. The minimum atomic E-state index is 0. The molecule has 93 valence electrons. The molecule has 0 unspecified atom stereocenters. The Morgan fingerprint density at radius 2 is 1.19 bits per heavy atom. The predicted octanol–water partition coefficient (Wildman–Crippen LogP) is 3.68. The zero-order valence-corrected chi connectivity index (χ0v) is 10.7. The van der Waals surface area contributed by atoms with Gasteiger partial charge in [-0.25, -0.2) is 0 Å². The molecule has 0 amide bonds. The standard InChI is InChI=1S/C14H30N.Na.H/c1-3-5-6-7-8-9-10-11-12-13-14-15-4-2;;/h15H,2-14H2,1H3;;. The Morgan fingerprint density at radius 1 is 0.750 bits per heavy atom. The second-order valence-electron chi connectivity index (χ2n) is 4.43. The fraction of sp³-hybridized carbons (Fsp3) is 0.929. The van der Waals surface area contributed by atoms with Crippen molar-refractivity contribution in [2.75, 3.05) is 13.1 Å². The molecule has 0 rings (SSSR count). The monoisotopic (exact) mass is 236 g/mol. The zero-order chi connectivity index (χ0) is 11.2. The van der Waals surface area contributed by atoms with E-state index in [1.54, 1.807) is 0 Å². The molecule has 1 radical (unpaired) electrons. The summed E-state index contributed by atoms with van der Waals surface area (Å²) in [6, 6.07) is 0. The van der Waals surface area contributed by atoms with Gasteiger partial charge in [-0.15, -0.1) is 0 Å². The second-order valence-corrected chi connectivity index (χ2v) is 4.43. The van der Waals surface area contributed by atoms with E-state index in [4.69, 9.17) is 0 Å². The molecule has 0 aromatic carbocycles. The van der Waals surface area contributed by atoms with Crippen LogP contribution in [0.3, 0.4) is 0 Å². The summed E-state index contributed by atoms with van der Waals surface area (Å²) in [6.07, 6.45) is 14.2. The summed E-state index contributed by atoms with van der Waals surface area (Å²) < 4.78 is 0. The van der Waals surface area contributed by atoms with Crippen molar-refractivity contribution in [3.8, 4) is 0 Å². The van der Waals surface area contributed by atoms with Crippen LogP contribution in [0.2, 0.25) is 0 Å². The molecular formula is C14H31NNa. The molecule has 1 nitrogen and oxygen atoms in total. The van der Waals surface area contributed by atoms with Crippen molar-refractivity contribution in [3.05, 3.63) is 6.92 Å². The van der Waals surface area contributed by atoms with Gasteiger partial charge in [0.25, 0.3) is 0 Å². The Hall–Kier alpha value is 0.960. The summed E-state index contributed by atoms with van der Waals surface area (Å²) in [7, 11) is 0. The number of unbranched alkanes of at least 4 members (excludes halogenated alkanes) is 9. The molecule has 0 heterocycles. The Kier molecular flexibility index (Phi) is 22.1. The molecule has 0 aliphatic heterocycles. The number of hydrogen-bond acceptors (Lipinski definition) is 1. The summed E-state index contributed by atoms with van der Waals surface area (Å²) in [6.45, 7) is 8.06. The molecule has 0 saturated heterocycles. The van der Waals surface area contributed by atoms with E-state index in [0.29, 0.717) is 0 Å². The number of nitrogens with one attached hydrogen (secondary N) is 1. The van der Waals surface area contributed by atoms with E-state index < -0.39 is 0 Å². The van der Waals surface area contributed by atoms with Gasteiger partial charge in [-0.1, -0.05) is 64.7 Å². The van der Waals surface area contributed by atoms with Gasteiger partial charge in [0.1, 0.15) is 0 Å². The van der Waals surface area contributed by atoms with Gasteiger partial charge >= 0.3 is 29.6 Å². The van der Waals surface area contributed by atoms with Crippen molar-refractivity contribution >= 4 is 29.6 Å². The summed E-state index contributed by atoms with van der Waals surface area (Å²) >= 11 is 0. The van der Waals surface area contributed by atoms with Crippen LogP contribution < -0.4 is 5.32 Å². The normalized spacial score (nSPS) is 10.1. The van der Waals surface area contributed by atoms with Gasteiger partial charge in [0.15, 0.2) is 0 Å². The average molecular weight is 236 g/mol. The van der Waals surface area contributed by atoms with E-state index in [1.807, 2.05) is 0 Å². The first-order valence-electron chi connectivity index (χ1n) is 6.91. The van der Waals surface area contributed by atoms with Gasteiger partial charge in [-0.3, -0.25) is 0 Å². The SMILES string of the molecule is [CH2]CNCCCCCCCCCCCC.[NaH]. The maximum absolute atomic E-state index is 3.76. The first-order valence-corrected chi connectivity index (χ1v) is 6.91. The van der Waals surface area contributed by atoms with Crippen molar-refractivity contribution in [2.45, 2.75) is 71.1 Å². The topological polar surface area (TPSA) is 12.0 Å². The van der Waals surface area contributed by atoms with Gasteiger partial charge in [0, 0.05) is 0 Å². The van der Waals surface area contributed by atoms with Crippen LogP contribution in [-0.4, -0.2) is 42.6 Å². The summed E-state index contributed by atoms with van der Waals surface area (Å²) in [5.74, 6) is 0. The Bertz CT molecular complexity index is 94.9. The molecule has 0 aromatic heterocycles. The molecule has 0 atom stereocenters. The molecule has 0 aromatic rings. The van der Waals surface area contributed by atoms with Gasteiger partial charge in [0.2, 0.25) is 0 Å². The van der Waals surface area contributed by atoms with Crippen LogP contribution in [-0.2, 0) is 0 Å². The predicted molar refractivity (Wildman–Crippen MR) is 77.2 cm³/mol. The maximum atomic E-state index is 3.76. The van der Waals surface area contributed by atoms with E-state index in [-0.39, 0.29) is 29.6 Å². The molecule has 0 bridgehead atoms. The summed E-state index contributed by atoms with van der Waals surface area (Å²) in [5.41, 5.74) is 0. The Morgan fingerprint density at radius 3 is 1.62 bits per heavy atom. The Labute approximate surface area is 125 Å². The van der Waals surface area contributed by atoms with Gasteiger partial charge < -0.3 is 5.32 Å². The van der Waals surface area contributed by atoms with Crippen molar-refractivity contribution in [3.63, 3.8) is 0 Å². The van der Waals surface area contributed by atoms with Crippen LogP contribution in [0.25, 0.3) is 0 Å². The van der Waals surface area contributed by atoms with Gasteiger partial charge in [0.05, 0.1) is 0 Å². The molecule has 16 heavy (non-hydrogen) atoms. The van der Waals surface area contributed by atoms with Crippen molar-refractivity contribution in [2.24, 2.45) is 0 Å². The average Bonchev–Trinajstić information content (AvgIpc) is 2.26. The third kappa shape index (κ3) is 17.4. The van der Waals surface area contributed by atoms with E-state index in [0.717, 1.165) is 13.1 Å². The Balaban J connectivity index is 0. The first-order chi connectivity index (χ1) is 7.41. The van der Waals surface area contributed by atoms with E-state index in [1.165, 1.54) is 64.2 Å². The quantitative estimate of drug-likeness (QED) is 0.402. The molecule has 0 aliphatic rings. The molecule has 1 N–H and O–H groups in total. The van der Waals surface area contributed by atoms with Crippen molar-refractivity contribution in [1.82, 2.24) is 5.32 Å². The molecule has 0 fully saturated rings. The van der Waals surface area contributed by atoms with Crippen molar-refractivity contribution in [1.29, 1.82) is 0 Å². The summed E-state index contributed by atoms with van der Waals surface area (Å²) in [5, 5.41) is 3.26. The number of hydrogen-bond donors (Lipinski definition) is 1. The fourth-order valence-electron chi connectivity index (χ4n) is 1.86. The van der Waals surface area contributed by atoms with Crippen LogP contribution in [0.15, 0.2) is 0 Å². The second kappa shape index (κ2) is 18.3. The van der Waals surface area contributed by atoms with E-state index >= 15 is 0 Å². The third-order valence-electron chi connectivity index (χ3n) is 2.88. The third-order valence-corrected chi connectivity index (χ3v) is 2.88. The van der Waals surface area contributed by atoms with Crippen LogP contribution in [0.4, 0.5) is 0 Å². The van der Waals surface area contributed by atoms with Crippen molar-refractivity contribution < 1.29 is 0 Å². The van der Waals surface area contributed by atoms with E-state index in [9.17, 15) is 0 Å². The molecule has 0 aliphatic carbocycles. The van der Waals surface area contributed by atoms with Crippen LogP contribution in [0, 0.1) is 6.92 Å². The fourth-order valence-corrected chi connectivity index (χ4v) is 1.86. The first kappa shape index (κ1) is 19.3. The van der Waals surface area contributed by atoms with Crippen LogP contribution in [0.5, 0.6) is 0 Å². The van der Waals surface area contributed by atoms with Gasteiger partial charge in [-0.05, 0) is 26.4 Å². The van der Waals surface area contributed by atoms with E-state index in [2.05, 4.69) is 19.2 Å². The summed E-state index contributed by atoms with van der Waals surface area (Å²) in [4.78, 5) is 0. The minimum absolute atomic E-state index is 0. The molecule has 2 heteroatoms. The van der Waals surface area contributed by atoms with Gasteiger partial charge in [-0.2, -0.15) is 0 Å². The molecular weight excluding hydrogens is 205 g/mol. The van der Waals surface area contributed by atoms with Crippen LogP contribution >= 0.6 is 0 Å².